The zero-order valence-corrected chi connectivity index (χ0v) is 17.7. The fourth-order valence-electron chi connectivity index (χ4n) is 4.04. The second kappa shape index (κ2) is 11.6. The summed E-state index contributed by atoms with van der Waals surface area (Å²) in [5, 5.41) is 110. The van der Waals surface area contributed by atoms with Gasteiger partial charge in [0.15, 0.2) is 18.9 Å². The molecule has 11 N–H and O–H groups in total. The van der Waals surface area contributed by atoms with E-state index < -0.39 is 112 Å². The van der Waals surface area contributed by atoms with E-state index in [1.54, 1.807) is 0 Å². The Kier molecular flexibility index (Phi) is 9.54. The van der Waals surface area contributed by atoms with Gasteiger partial charge in [-0.25, -0.2) is 0 Å². The molecule has 0 amide bonds. The number of hydrogen-bond donors (Lipinski definition) is 11. The van der Waals surface area contributed by atoms with Crippen molar-refractivity contribution in [2.45, 2.75) is 92.1 Å². The number of aliphatic hydroxyl groups is 11. The van der Waals surface area contributed by atoms with Crippen molar-refractivity contribution >= 4 is 0 Å². The van der Waals surface area contributed by atoms with E-state index in [1.807, 2.05) is 0 Å². The van der Waals surface area contributed by atoms with Gasteiger partial charge in [-0.3, -0.25) is 0 Å². The van der Waals surface area contributed by atoms with Gasteiger partial charge in [-0.1, -0.05) is 0 Å². The summed E-state index contributed by atoms with van der Waals surface area (Å²) in [7, 11) is 0. The zero-order chi connectivity index (χ0) is 25.3. The van der Waals surface area contributed by atoms with Crippen molar-refractivity contribution in [1.82, 2.24) is 0 Å². The highest BCUT2D eigenvalue weighted by Gasteiger charge is 2.53. The summed E-state index contributed by atoms with van der Waals surface area (Å²) in [5.41, 5.74) is 0. The predicted molar refractivity (Wildman–Crippen MR) is 101 cm³/mol. The Morgan fingerprint density at radius 3 is 1.35 bits per heavy atom. The fraction of sp³-hybridized carbons (Fsp3) is 1.00. The van der Waals surface area contributed by atoms with E-state index in [0.717, 1.165) is 0 Å². The third-order valence-electron chi connectivity index (χ3n) is 6.09. The van der Waals surface area contributed by atoms with E-state index in [4.69, 9.17) is 23.7 Å². The molecule has 3 rings (SSSR count). The first-order valence-corrected chi connectivity index (χ1v) is 10.6. The lowest BCUT2D eigenvalue weighted by Gasteiger charge is -2.47. The van der Waals surface area contributed by atoms with Crippen LogP contribution in [0.2, 0.25) is 0 Å². The molecule has 0 unspecified atom stereocenters. The highest BCUT2D eigenvalue weighted by Crippen LogP contribution is 2.32. The molecule has 0 aromatic rings. The van der Waals surface area contributed by atoms with Crippen molar-refractivity contribution in [3.8, 4) is 0 Å². The molecular weight excluding hydrogens is 472 g/mol. The van der Waals surface area contributed by atoms with E-state index in [1.165, 1.54) is 0 Å². The third kappa shape index (κ3) is 5.37. The lowest BCUT2D eigenvalue weighted by Crippen LogP contribution is -2.66. The van der Waals surface area contributed by atoms with Crippen LogP contribution in [-0.4, -0.2) is 168 Å². The van der Waals surface area contributed by atoms with Crippen LogP contribution < -0.4 is 0 Å². The van der Waals surface area contributed by atoms with Gasteiger partial charge in [0.2, 0.25) is 0 Å². The molecule has 0 bridgehead atoms. The number of aliphatic hydroxyl groups excluding tert-OH is 11. The number of ether oxygens (including phenoxy) is 5. The van der Waals surface area contributed by atoms with Crippen LogP contribution in [0.3, 0.4) is 0 Å². The minimum atomic E-state index is -1.92. The standard InChI is InChI=1S/C18H32O16/c19-1-4-7(22)10(25)11(26)17(31-4)34-15-9(24)6(3-21)32-18(13(15)28)33-14-8(23)5(2-20)30-16(29)12(14)27/h4-29H,1-3H2/t4-,5-,6-,7+,8+,9+,10+,11-,12-,13-,14+,15+,16+,17+,18+/m1/s1. The summed E-state index contributed by atoms with van der Waals surface area (Å²) in [5.74, 6) is 0. The summed E-state index contributed by atoms with van der Waals surface area (Å²) in [6.07, 6.45) is -25.5. The molecule has 200 valence electrons. The SMILES string of the molecule is OC[C@H]1O[C@@H](O[C@H]2[C@@H](O)[C@@H](CO)O[C@@H](O[C@@H]3[C@@H](O)[C@@H](O)O[C@H](CO)[C@@H]3O)[C@@H]2O)[C@H](O)[C@@H](O)[C@H]1O. The fourth-order valence-corrected chi connectivity index (χ4v) is 4.04. The monoisotopic (exact) mass is 504 g/mol. The van der Waals surface area contributed by atoms with E-state index in [-0.39, 0.29) is 0 Å². The Morgan fingerprint density at radius 2 is 0.853 bits per heavy atom. The molecule has 0 radical (unpaired) electrons. The van der Waals surface area contributed by atoms with Crippen LogP contribution in [0, 0.1) is 0 Å². The molecule has 0 aliphatic carbocycles. The van der Waals surface area contributed by atoms with Crippen LogP contribution in [-0.2, 0) is 23.7 Å². The Labute approximate surface area is 192 Å². The van der Waals surface area contributed by atoms with Gasteiger partial charge in [0.1, 0.15) is 73.2 Å². The molecule has 3 aliphatic heterocycles. The van der Waals surface area contributed by atoms with E-state index >= 15 is 0 Å². The molecule has 0 saturated carbocycles. The third-order valence-corrected chi connectivity index (χ3v) is 6.09. The van der Waals surface area contributed by atoms with Crippen molar-refractivity contribution in [3.63, 3.8) is 0 Å². The van der Waals surface area contributed by atoms with Gasteiger partial charge in [-0.2, -0.15) is 0 Å². The van der Waals surface area contributed by atoms with E-state index in [0.29, 0.717) is 0 Å². The molecule has 3 saturated heterocycles. The first-order chi connectivity index (χ1) is 16.0. The van der Waals surface area contributed by atoms with Crippen molar-refractivity contribution in [2.24, 2.45) is 0 Å². The average molecular weight is 504 g/mol. The van der Waals surface area contributed by atoms with Crippen LogP contribution in [0.5, 0.6) is 0 Å². The molecule has 16 heteroatoms. The van der Waals surface area contributed by atoms with Gasteiger partial charge < -0.3 is 79.9 Å². The quantitative estimate of drug-likeness (QED) is 0.154. The number of rotatable bonds is 7. The molecule has 0 aromatic heterocycles. The minimum absolute atomic E-state index is 0.750. The van der Waals surface area contributed by atoms with Gasteiger partial charge in [-0.05, 0) is 0 Å². The maximum absolute atomic E-state index is 10.7. The normalized spacial score (nSPS) is 52.5. The molecule has 3 aliphatic rings. The smallest absolute Gasteiger partial charge is 0.187 e. The maximum Gasteiger partial charge on any atom is 0.187 e. The van der Waals surface area contributed by atoms with Gasteiger partial charge in [0.05, 0.1) is 19.8 Å². The first-order valence-electron chi connectivity index (χ1n) is 10.6. The second-order valence-electron chi connectivity index (χ2n) is 8.33. The van der Waals surface area contributed by atoms with Gasteiger partial charge in [0.25, 0.3) is 0 Å². The summed E-state index contributed by atoms with van der Waals surface area (Å²) < 4.78 is 26.2. The Balaban J connectivity index is 1.78. The molecule has 0 aromatic carbocycles. The predicted octanol–water partition coefficient (Wildman–Crippen LogP) is -7.57. The van der Waals surface area contributed by atoms with Gasteiger partial charge in [0, 0.05) is 0 Å². The molecule has 16 nitrogen and oxygen atoms in total. The first kappa shape index (κ1) is 27.9. The van der Waals surface area contributed by atoms with Crippen LogP contribution >= 0.6 is 0 Å². The second-order valence-corrected chi connectivity index (χ2v) is 8.33. The number of hydrogen-bond acceptors (Lipinski definition) is 16. The highest BCUT2D eigenvalue weighted by atomic mass is 16.7. The topological polar surface area (TPSA) is 269 Å². The molecule has 34 heavy (non-hydrogen) atoms. The molecular formula is C18H32O16. The average Bonchev–Trinajstić information content (AvgIpc) is 2.82. The van der Waals surface area contributed by atoms with Crippen molar-refractivity contribution in [1.29, 1.82) is 0 Å². The molecule has 3 heterocycles. The lowest BCUT2D eigenvalue weighted by atomic mass is 9.96. The van der Waals surface area contributed by atoms with Crippen molar-refractivity contribution in [2.75, 3.05) is 19.8 Å². The molecule has 3 fully saturated rings. The van der Waals surface area contributed by atoms with Crippen molar-refractivity contribution in [3.05, 3.63) is 0 Å². The van der Waals surface area contributed by atoms with Crippen LogP contribution in [0.25, 0.3) is 0 Å². The van der Waals surface area contributed by atoms with Gasteiger partial charge in [-0.15, -0.1) is 0 Å². The lowest BCUT2D eigenvalue weighted by molar-refractivity contribution is -0.379. The molecule has 0 spiro atoms. The van der Waals surface area contributed by atoms with Crippen LogP contribution in [0.15, 0.2) is 0 Å². The highest BCUT2D eigenvalue weighted by molar-refractivity contribution is 4.96. The summed E-state index contributed by atoms with van der Waals surface area (Å²) in [6.45, 7) is -2.33. The van der Waals surface area contributed by atoms with Gasteiger partial charge >= 0.3 is 0 Å². The Bertz CT molecular complexity index is 639. The minimum Gasteiger partial charge on any atom is -0.394 e. The molecule has 15 atom stereocenters. The summed E-state index contributed by atoms with van der Waals surface area (Å²) in [4.78, 5) is 0. The van der Waals surface area contributed by atoms with Crippen molar-refractivity contribution < 1.29 is 79.9 Å². The Hall–Kier alpha value is -0.640. The largest absolute Gasteiger partial charge is 0.394 e. The summed E-state index contributed by atoms with van der Waals surface area (Å²) >= 11 is 0. The maximum atomic E-state index is 10.7. The van der Waals surface area contributed by atoms with Crippen LogP contribution in [0.4, 0.5) is 0 Å². The Morgan fingerprint density at radius 1 is 0.441 bits per heavy atom. The van der Waals surface area contributed by atoms with E-state index in [9.17, 15) is 56.2 Å². The van der Waals surface area contributed by atoms with Crippen LogP contribution in [0.1, 0.15) is 0 Å². The van der Waals surface area contributed by atoms with E-state index in [2.05, 4.69) is 0 Å². The summed E-state index contributed by atoms with van der Waals surface area (Å²) in [6, 6.07) is 0. The zero-order valence-electron chi connectivity index (χ0n) is 17.7.